The highest BCUT2D eigenvalue weighted by atomic mass is 15.0. The number of hydrogen-bond donors (Lipinski definition) is 0. The molecule has 1 aromatic rings. The highest BCUT2D eigenvalue weighted by Gasteiger charge is 2.42. The van der Waals surface area contributed by atoms with Crippen LogP contribution in [0, 0.1) is 0 Å². The largest absolute Gasteiger partial charge is 0.253 e. The van der Waals surface area contributed by atoms with E-state index >= 15 is 0 Å². The second kappa shape index (κ2) is 5.27. The maximum Gasteiger partial charge on any atom is 0.209 e. The van der Waals surface area contributed by atoms with Gasteiger partial charge in [0.05, 0.1) is 11.1 Å². The smallest absolute Gasteiger partial charge is 0.209 e. The maximum atomic E-state index is 4.71. The van der Waals surface area contributed by atoms with Gasteiger partial charge in [0.25, 0.3) is 0 Å². The fourth-order valence-electron chi connectivity index (χ4n) is 4.00. The molecule has 0 saturated carbocycles. The van der Waals surface area contributed by atoms with Crippen LogP contribution in [0.4, 0.5) is 5.69 Å². The van der Waals surface area contributed by atoms with Gasteiger partial charge in [-0.1, -0.05) is 36.4 Å². The Kier molecular flexibility index (Phi) is 3.31. The fraction of sp³-hybridized carbons (Fsp3) is 0.273. The Labute approximate surface area is 143 Å². The molecule has 0 aromatic heterocycles. The van der Waals surface area contributed by atoms with Crippen LogP contribution in [0.2, 0.25) is 0 Å². The van der Waals surface area contributed by atoms with E-state index in [2.05, 4.69) is 87.0 Å². The highest BCUT2D eigenvalue weighted by Crippen LogP contribution is 2.39. The SMILES string of the molecule is CC1=NC2=CCC=CC2=C1/C=C/C1=[N+](C)c2ccccc2C1(C)C. The summed E-state index contributed by atoms with van der Waals surface area (Å²) in [5, 5.41) is 0. The minimum atomic E-state index is 0.0117. The van der Waals surface area contributed by atoms with E-state index < -0.39 is 0 Å². The van der Waals surface area contributed by atoms with Gasteiger partial charge in [0, 0.05) is 34.6 Å². The van der Waals surface area contributed by atoms with Gasteiger partial charge in [-0.25, -0.2) is 0 Å². The molecule has 0 atom stereocenters. The van der Waals surface area contributed by atoms with Crippen molar-refractivity contribution in [3.63, 3.8) is 0 Å². The maximum absolute atomic E-state index is 4.71. The summed E-state index contributed by atoms with van der Waals surface area (Å²) < 4.78 is 2.31. The van der Waals surface area contributed by atoms with Gasteiger partial charge in [0.1, 0.15) is 7.05 Å². The number of fused-ring (bicyclic) bond motifs is 2. The number of nitrogens with zero attached hydrogens (tertiary/aromatic N) is 2. The number of benzene rings is 1. The molecule has 2 aliphatic heterocycles. The summed E-state index contributed by atoms with van der Waals surface area (Å²) >= 11 is 0. The zero-order chi connectivity index (χ0) is 16.9. The third-order valence-electron chi connectivity index (χ3n) is 5.32. The van der Waals surface area contributed by atoms with Crippen molar-refractivity contribution in [3.05, 3.63) is 77.1 Å². The van der Waals surface area contributed by atoms with Gasteiger partial charge < -0.3 is 0 Å². The first kappa shape index (κ1) is 15.1. The molecule has 24 heavy (non-hydrogen) atoms. The molecule has 0 bridgehead atoms. The van der Waals surface area contributed by atoms with E-state index in [4.69, 9.17) is 4.99 Å². The molecule has 1 aromatic carbocycles. The molecule has 0 spiro atoms. The van der Waals surface area contributed by atoms with Gasteiger partial charge in [-0.05, 0) is 33.3 Å². The monoisotopic (exact) mass is 315 g/mol. The topological polar surface area (TPSA) is 15.4 Å². The molecule has 120 valence electrons. The van der Waals surface area contributed by atoms with E-state index in [9.17, 15) is 0 Å². The average Bonchev–Trinajstić information content (AvgIpc) is 2.99. The summed E-state index contributed by atoms with van der Waals surface area (Å²) in [5.41, 5.74) is 8.75. The molecular formula is C22H23N2+. The lowest BCUT2D eigenvalue weighted by atomic mass is 9.81. The second-order valence-corrected chi connectivity index (χ2v) is 7.17. The van der Waals surface area contributed by atoms with Crippen molar-refractivity contribution in [1.29, 1.82) is 0 Å². The molecule has 0 unspecified atom stereocenters. The first-order valence-electron chi connectivity index (χ1n) is 8.56. The number of hydrogen-bond acceptors (Lipinski definition) is 1. The van der Waals surface area contributed by atoms with Crippen molar-refractivity contribution in [1.82, 2.24) is 0 Å². The minimum absolute atomic E-state index is 0.0117. The zero-order valence-electron chi connectivity index (χ0n) is 14.8. The molecule has 0 amide bonds. The second-order valence-electron chi connectivity index (χ2n) is 7.17. The Morgan fingerprint density at radius 2 is 1.96 bits per heavy atom. The Hall–Kier alpha value is -2.48. The summed E-state index contributed by atoms with van der Waals surface area (Å²) in [6.07, 6.45) is 12.1. The Morgan fingerprint density at radius 3 is 2.75 bits per heavy atom. The standard InChI is InChI=1S/C22H23N2/c1-15-16(17-9-5-7-11-19(17)23-15)13-14-21-22(2,3)18-10-6-8-12-20(18)24(21)4/h5-6,8-14H,7H2,1-4H3/q+1/b14-13+. The summed E-state index contributed by atoms with van der Waals surface area (Å²) in [5.74, 6) is 0. The number of allylic oxidation sites excluding steroid dienone is 6. The van der Waals surface area contributed by atoms with Crippen LogP contribution in [-0.4, -0.2) is 23.0 Å². The van der Waals surface area contributed by atoms with Crippen molar-refractivity contribution < 1.29 is 4.58 Å². The van der Waals surface area contributed by atoms with Crippen molar-refractivity contribution >= 4 is 17.1 Å². The van der Waals surface area contributed by atoms with Gasteiger partial charge in [0.15, 0.2) is 5.71 Å². The normalized spacial score (nSPS) is 21.3. The molecular weight excluding hydrogens is 292 g/mol. The van der Waals surface area contributed by atoms with E-state index in [1.54, 1.807) is 0 Å². The summed E-state index contributed by atoms with van der Waals surface area (Å²) in [6.45, 7) is 6.70. The Bertz CT molecular complexity index is 915. The van der Waals surface area contributed by atoms with E-state index in [-0.39, 0.29) is 5.41 Å². The van der Waals surface area contributed by atoms with Gasteiger partial charge in [-0.3, -0.25) is 4.99 Å². The van der Waals surface area contributed by atoms with Crippen LogP contribution in [0.5, 0.6) is 0 Å². The fourth-order valence-corrected chi connectivity index (χ4v) is 4.00. The molecule has 0 radical (unpaired) electrons. The van der Waals surface area contributed by atoms with Crippen LogP contribution in [0.15, 0.2) is 76.5 Å². The van der Waals surface area contributed by atoms with Crippen LogP contribution in [0.1, 0.15) is 32.8 Å². The van der Waals surface area contributed by atoms with Crippen LogP contribution in [0.25, 0.3) is 0 Å². The quantitative estimate of drug-likeness (QED) is 0.692. The molecule has 2 nitrogen and oxygen atoms in total. The van der Waals surface area contributed by atoms with Crippen molar-refractivity contribution in [2.75, 3.05) is 7.05 Å². The lowest BCUT2D eigenvalue weighted by Crippen LogP contribution is -2.26. The van der Waals surface area contributed by atoms with Gasteiger partial charge >= 0.3 is 0 Å². The summed E-state index contributed by atoms with van der Waals surface area (Å²) in [4.78, 5) is 4.71. The van der Waals surface area contributed by atoms with E-state index in [0.717, 1.165) is 17.8 Å². The molecule has 3 aliphatic rings. The lowest BCUT2D eigenvalue weighted by molar-refractivity contribution is -0.401. The molecule has 4 rings (SSSR count). The van der Waals surface area contributed by atoms with Gasteiger partial charge in [0.2, 0.25) is 5.69 Å². The summed E-state index contributed by atoms with van der Waals surface area (Å²) in [7, 11) is 2.16. The van der Waals surface area contributed by atoms with Crippen LogP contribution < -0.4 is 0 Å². The predicted molar refractivity (Wildman–Crippen MR) is 101 cm³/mol. The van der Waals surface area contributed by atoms with Crippen LogP contribution in [0.3, 0.4) is 0 Å². The average molecular weight is 315 g/mol. The van der Waals surface area contributed by atoms with Crippen molar-refractivity contribution in [2.24, 2.45) is 4.99 Å². The first-order valence-corrected chi connectivity index (χ1v) is 8.56. The van der Waals surface area contributed by atoms with E-state index in [0.29, 0.717) is 0 Å². The molecule has 2 heteroatoms. The minimum Gasteiger partial charge on any atom is -0.253 e. The third kappa shape index (κ3) is 2.10. The Balaban J connectivity index is 1.77. The predicted octanol–water partition coefficient (Wildman–Crippen LogP) is 4.86. The van der Waals surface area contributed by atoms with E-state index in [1.807, 2.05) is 0 Å². The highest BCUT2D eigenvalue weighted by molar-refractivity contribution is 6.09. The first-order chi connectivity index (χ1) is 11.5. The number of para-hydroxylation sites is 1. The van der Waals surface area contributed by atoms with Crippen LogP contribution in [-0.2, 0) is 5.41 Å². The number of rotatable bonds is 2. The lowest BCUT2D eigenvalue weighted by Gasteiger charge is -2.15. The summed E-state index contributed by atoms with van der Waals surface area (Å²) in [6, 6.07) is 8.68. The number of aliphatic imine (C=N–C) groups is 1. The molecule has 1 aliphatic carbocycles. The van der Waals surface area contributed by atoms with Crippen LogP contribution >= 0.6 is 0 Å². The van der Waals surface area contributed by atoms with Crippen molar-refractivity contribution in [3.8, 4) is 0 Å². The zero-order valence-corrected chi connectivity index (χ0v) is 14.8. The van der Waals surface area contributed by atoms with Gasteiger partial charge in [-0.2, -0.15) is 4.58 Å². The molecule has 0 N–H and O–H groups in total. The molecule has 2 heterocycles. The molecule has 0 saturated heterocycles. The van der Waals surface area contributed by atoms with Crippen molar-refractivity contribution in [2.45, 2.75) is 32.6 Å². The Morgan fingerprint density at radius 1 is 1.17 bits per heavy atom. The third-order valence-corrected chi connectivity index (χ3v) is 5.32. The van der Waals surface area contributed by atoms with Gasteiger partial charge in [-0.15, -0.1) is 0 Å². The molecule has 0 fully saturated rings. The van der Waals surface area contributed by atoms with E-state index in [1.165, 1.54) is 28.1 Å².